The van der Waals surface area contributed by atoms with E-state index in [9.17, 15) is 9.59 Å². The van der Waals surface area contributed by atoms with Crippen LogP contribution in [0, 0.1) is 0 Å². The topological polar surface area (TPSA) is 58.6 Å². The van der Waals surface area contributed by atoms with E-state index < -0.39 is 5.41 Å². The van der Waals surface area contributed by atoms with E-state index in [0.717, 1.165) is 15.7 Å². The van der Waals surface area contributed by atoms with Crippen LogP contribution < -0.4 is 10.1 Å². The standard InChI is InChI=1S/C20H18BrClN2O3/c21-13-5-6-17(15(22)11-13)27-12-18(25)24-9-7-20(8-10-24)14-3-1-2-4-16(14)23-19(20)26/h1-6,11H,7-10,12H2,(H,23,26). The zero-order valence-corrected chi connectivity index (χ0v) is 16.8. The third-order valence-corrected chi connectivity index (χ3v) is 6.13. The summed E-state index contributed by atoms with van der Waals surface area (Å²) in [6.45, 7) is 0.979. The van der Waals surface area contributed by atoms with Crippen LogP contribution in [0.5, 0.6) is 5.75 Å². The monoisotopic (exact) mass is 448 g/mol. The van der Waals surface area contributed by atoms with E-state index >= 15 is 0 Å². The highest BCUT2D eigenvalue weighted by Gasteiger charge is 2.48. The number of benzene rings is 2. The highest BCUT2D eigenvalue weighted by Crippen LogP contribution is 2.44. The first kappa shape index (κ1) is 18.3. The normalized spacial score (nSPS) is 17.6. The van der Waals surface area contributed by atoms with E-state index in [-0.39, 0.29) is 18.4 Å². The predicted octanol–water partition coefficient (Wildman–Crippen LogP) is 3.99. The first-order valence-electron chi connectivity index (χ1n) is 8.76. The molecule has 2 amide bonds. The van der Waals surface area contributed by atoms with Crippen molar-refractivity contribution in [3.05, 3.63) is 57.5 Å². The molecule has 0 saturated carbocycles. The fourth-order valence-corrected chi connectivity index (χ4v) is 4.56. The van der Waals surface area contributed by atoms with Crippen molar-refractivity contribution in [2.45, 2.75) is 18.3 Å². The lowest BCUT2D eigenvalue weighted by Gasteiger charge is -2.37. The number of piperidine rings is 1. The number of carbonyl (C=O) groups excluding carboxylic acids is 2. The molecule has 2 aliphatic rings. The molecule has 5 nitrogen and oxygen atoms in total. The molecule has 0 radical (unpaired) electrons. The number of carbonyl (C=O) groups is 2. The zero-order valence-electron chi connectivity index (χ0n) is 14.5. The number of fused-ring (bicyclic) bond motifs is 2. The van der Waals surface area contributed by atoms with Gasteiger partial charge in [0.15, 0.2) is 6.61 Å². The molecular weight excluding hydrogens is 432 g/mol. The van der Waals surface area contributed by atoms with Gasteiger partial charge in [-0.05, 0) is 42.7 Å². The van der Waals surface area contributed by atoms with Gasteiger partial charge in [-0.3, -0.25) is 9.59 Å². The van der Waals surface area contributed by atoms with Crippen LogP contribution in [0.3, 0.4) is 0 Å². The number of nitrogens with zero attached hydrogens (tertiary/aromatic N) is 1. The van der Waals surface area contributed by atoms with Crippen molar-refractivity contribution >= 4 is 45.0 Å². The summed E-state index contributed by atoms with van der Waals surface area (Å²) >= 11 is 9.46. The van der Waals surface area contributed by atoms with Crippen molar-refractivity contribution in [1.29, 1.82) is 0 Å². The number of ether oxygens (including phenoxy) is 1. The molecule has 1 spiro atoms. The highest BCUT2D eigenvalue weighted by atomic mass is 79.9. The molecular formula is C20H18BrClN2O3. The molecule has 1 fully saturated rings. The van der Waals surface area contributed by atoms with Crippen LogP contribution in [0.1, 0.15) is 18.4 Å². The Hall–Kier alpha value is -2.05. The third-order valence-electron chi connectivity index (χ3n) is 5.34. The Labute approximate surface area is 170 Å². The second kappa shape index (κ2) is 7.17. The molecule has 1 saturated heterocycles. The van der Waals surface area contributed by atoms with E-state index in [1.54, 1.807) is 17.0 Å². The molecule has 140 valence electrons. The van der Waals surface area contributed by atoms with E-state index in [2.05, 4.69) is 21.2 Å². The molecule has 2 heterocycles. The van der Waals surface area contributed by atoms with E-state index in [0.29, 0.717) is 36.7 Å². The number of likely N-dealkylation sites (tertiary alicyclic amines) is 1. The maximum absolute atomic E-state index is 12.6. The Morgan fingerprint density at radius 2 is 1.96 bits per heavy atom. The average molecular weight is 450 g/mol. The van der Waals surface area contributed by atoms with Crippen molar-refractivity contribution in [1.82, 2.24) is 4.90 Å². The average Bonchev–Trinajstić information content (AvgIpc) is 2.93. The minimum absolute atomic E-state index is 0.0358. The van der Waals surface area contributed by atoms with E-state index in [1.165, 1.54) is 0 Å². The smallest absolute Gasteiger partial charge is 0.260 e. The molecule has 27 heavy (non-hydrogen) atoms. The predicted molar refractivity (Wildman–Crippen MR) is 107 cm³/mol. The fraction of sp³-hybridized carbons (Fsp3) is 0.300. The van der Waals surface area contributed by atoms with Crippen LogP contribution in [0.4, 0.5) is 5.69 Å². The number of amides is 2. The summed E-state index contributed by atoms with van der Waals surface area (Å²) < 4.78 is 6.43. The summed E-state index contributed by atoms with van der Waals surface area (Å²) in [4.78, 5) is 26.9. The molecule has 1 N–H and O–H groups in total. The number of hydrogen-bond acceptors (Lipinski definition) is 3. The first-order chi connectivity index (χ1) is 13.0. The lowest BCUT2D eigenvalue weighted by atomic mass is 9.73. The second-order valence-electron chi connectivity index (χ2n) is 6.83. The summed E-state index contributed by atoms with van der Waals surface area (Å²) in [6.07, 6.45) is 1.22. The molecule has 2 aliphatic heterocycles. The number of halogens is 2. The third kappa shape index (κ3) is 3.32. The number of anilines is 1. The molecule has 2 aromatic rings. The Morgan fingerprint density at radius 3 is 2.70 bits per heavy atom. The molecule has 0 atom stereocenters. The van der Waals surface area contributed by atoms with Crippen LogP contribution >= 0.6 is 27.5 Å². The van der Waals surface area contributed by atoms with Crippen molar-refractivity contribution in [2.24, 2.45) is 0 Å². The zero-order chi connectivity index (χ0) is 19.0. The maximum Gasteiger partial charge on any atom is 0.260 e. The van der Waals surface area contributed by atoms with Gasteiger partial charge in [0.05, 0.1) is 10.4 Å². The number of nitrogens with one attached hydrogen (secondary N) is 1. The summed E-state index contributed by atoms with van der Waals surface area (Å²) in [7, 11) is 0. The Kier molecular flexibility index (Phi) is 4.86. The molecule has 0 unspecified atom stereocenters. The lowest BCUT2D eigenvalue weighted by molar-refractivity contribution is -0.137. The summed E-state index contributed by atoms with van der Waals surface area (Å²) in [5, 5.41) is 3.43. The van der Waals surface area contributed by atoms with Gasteiger partial charge in [-0.1, -0.05) is 45.7 Å². The van der Waals surface area contributed by atoms with Gasteiger partial charge in [-0.2, -0.15) is 0 Å². The van der Waals surface area contributed by atoms with Gasteiger partial charge in [-0.25, -0.2) is 0 Å². The van der Waals surface area contributed by atoms with E-state index in [1.807, 2.05) is 30.3 Å². The Morgan fingerprint density at radius 1 is 1.22 bits per heavy atom. The number of hydrogen-bond donors (Lipinski definition) is 1. The van der Waals surface area contributed by atoms with Crippen LogP contribution in [0.15, 0.2) is 46.9 Å². The van der Waals surface area contributed by atoms with Gasteiger partial charge >= 0.3 is 0 Å². The molecule has 2 aromatic carbocycles. The van der Waals surface area contributed by atoms with Gasteiger partial charge in [0.25, 0.3) is 5.91 Å². The van der Waals surface area contributed by atoms with Gasteiger partial charge in [0.1, 0.15) is 5.75 Å². The van der Waals surface area contributed by atoms with Crippen molar-refractivity contribution in [2.75, 3.05) is 25.0 Å². The summed E-state index contributed by atoms with van der Waals surface area (Å²) in [5.41, 5.74) is 1.40. The first-order valence-corrected chi connectivity index (χ1v) is 9.93. The van der Waals surface area contributed by atoms with Crippen LogP contribution in [-0.2, 0) is 15.0 Å². The highest BCUT2D eigenvalue weighted by molar-refractivity contribution is 9.10. The molecule has 0 bridgehead atoms. The second-order valence-corrected chi connectivity index (χ2v) is 8.15. The van der Waals surface area contributed by atoms with Gasteiger partial charge in [-0.15, -0.1) is 0 Å². The van der Waals surface area contributed by atoms with Crippen molar-refractivity contribution < 1.29 is 14.3 Å². The largest absolute Gasteiger partial charge is 0.482 e. The van der Waals surface area contributed by atoms with Crippen molar-refractivity contribution in [3.8, 4) is 5.75 Å². The summed E-state index contributed by atoms with van der Waals surface area (Å²) in [6, 6.07) is 13.1. The minimum atomic E-state index is -0.525. The van der Waals surface area contributed by atoms with Crippen LogP contribution in [-0.4, -0.2) is 36.4 Å². The van der Waals surface area contributed by atoms with Crippen LogP contribution in [0.25, 0.3) is 0 Å². The maximum atomic E-state index is 12.6. The van der Waals surface area contributed by atoms with Gasteiger partial charge in [0.2, 0.25) is 5.91 Å². The lowest BCUT2D eigenvalue weighted by Crippen LogP contribution is -2.49. The molecule has 0 aromatic heterocycles. The van der Waals surface area contributed by atoms with Gasteiger partial charge in [0, 0.05) is 23.2 Å². The van der Waals surface area contributed by atoms with Crippen molar-refractivity contribution in [3.63, 3.8) is 0 Å². The number of rotatable bonds is 3. The number of para-hydroxylation sites is 1. The van der Waals surface area contributed by atoms with Gasteiger partial charge < -0.3 is 15.0 Å². The molecule has 7 heteroatoms. The Balaban J connectivity index is 1.39. The van der Waals surface area contributed by atoms with Crippen LogP contribution in [0.2, 0.25) is 5.02 Å². The quantitative estimate of drug-likeness (QED) is 0.771. The van der Waals surface area contributed by atoms with E-state index in [4.69, 9.17) is 16.3 Å². The minimum Gasteiger partial charge on any atom is -0.482 e. The molecule has 4 rings (SSSR count). The molecule has 0 aliphatic carbocycles. The Bertz CT molecular complexity index is 910. The summed E-state index contributed by atoms with van der Waals surface area (Å²) in [5.74, 6) is 0.412. The fourth-order valence-electron chi connectivity index (χ4n) is 3.83. The SMILES string of the molecule is O=C(COc1ccc(Br)cc1Cl)N1CCC2(CC1)C(=O)Nc1ccccc12.